The van der Waals surface area contributed by atoms with Crippen molar-refractivity contribution in [1.29, 1.82) is 0 Å². The molecule has 3 aliphatic carbocycles. The minimum absolute atomic E-state index is 0.127. The number of fused-ring (bicyclic) bond motifs is 3. The normalized spacial score (nSPS) is 21.6. The number of hydrogen-bond donors (Lipinski definition) is 1. The first-order chi connectivity index (χ1) is 18.7. The molecule has 2 bridgehead atoms. The van der Waals surface area contributed by atoms with Crippen LogP contribution in [0.5, 0.6) is 5.75 Å². The third kappa shape index (κ3) is 6.17. The molecule has 208 valence electrons. The van der Waals surface area contributed by atoms with Gasteiger partial charge in [0.2, 0.25) is 10.0 Å². The van der Waals surface area contributed by atoms with Crippen LogP contribution in [0, 0.1) is 11.8 Å². The number of nitrogens with one attached hydrogen (secondary N) is 1. The highest BCUT2D eigenvalue weighted by atomic mass is 32.2. The van der Waals surface area contributed by atoms with Crippen LogP contribution in [0.4, 0.5) is 5.69 Å². The third-order valence-electron chi connectivity index (χ3n) is 8.64. The van der Waals surface area contributed by atoms with Gasteiger partial charge in [0, 0.05) is 17.6 Å². The maximum atomic E-state index is 12.8. The van der Waals surface area contributed by atoms with Gasteiger partial charge in [-0.3, -0.25) is 4.31 Å². The number of methoxy groups -OCH3 is 1. The fourth-order valence-corrected chi connectivity index (χ4v) is 8.16. The van der Waals surface area contributed by atoms with E-state index >= 15 is 0 Å². The van der Waals surface area contributed by atoms with Crippen molar-refractivity contribution in [3.05, 3.63) is 95.1 Å². The first-order valence-electron chi connectivity index (χ1n) is 14.3. The third-order valence-corrected chi connectivity index (χ3v) is 9.98. The Hall–Kier alpha value is -2.83. The fourth-order valence-electron chi connectivity index (χ4n) is 6.89. The van der Waals surface area contributed by atoms with E-state index in [-0.39, 0.29) is 12.1 Å². The molecule has 6 heteroatoms. The van der Waals surface area contributed by atoms with E-state index in [9.17, 15) is 8.42 Å². The molecule has 6 rings (SSSR count). The number of anilines is 1. The topological polar surface area (TPSA) is 58.6 Å². The van der Waals surface area contributed by atoms with Gasteiger partial charge < -0.3 is 10.1 Å². The molecular weight excluding hydrogens is 504 g/mol. The summed E-state index contributed by atoms with van der Waals surface area (Å²) < 4.78 is 33.1. The number of hydrogen-bond acceptors (Lipinski definition) is 4. The van der Waals surface area contributed by atoms with E-state index in [1.807, 2.05) is 32.0 Å². The highest BCUT2D eigenvalue weighted by Gasteiger charge is 2.37. The van der Waals surface area contributed by atoms with E-state index < -0.39 is 10.0 Å². The van der Waals surface area contributed by atoms with Crippen molar-refractivity contribution in [3.8, 4) is 5.75 Å². The molecule has 3 aromatic rings. The van der Waals surface area contributed by atoms with Crippen LogP contribution in [0.3, 0.4) is 0 Å². The summed E-state index contributed by atoms with van der Waals surface area (Å²) in [6.45, 7) is 3.82. The standard InChI is InChI=1S/C33H42N2O3S/c1-23(2)35(39(4,36)37)28-18-19-32(38-3)30(22-28)33(34-31-21-25-14-16-26(31)17-15-25)29-13-9-8-12-27(29)20-24-10-6-5-7-11-24/h5-13,18-19,22-23,25-26,31,33-34H,14-17,20-21H2,1-4H3. The maximum Gasteiger partial charge on any atom is 0.232 e. The molecule has 0 amide bonds. The first-order valence-corrected chi connectivity index (χ1v) is 16.1. The van der Waals surface area contributed by atoms with Gasteiger partial charge in [-0.05, 0) is 86.3 Å². The molecule has 39 heavy (non-hydrogen) atoms. The first kappa shape index (κ1) is 27.7. The van der Waals surface area contributed by atoms with Crippen LogP contribution in [-0.4, -0.2) is 33.9 Å². The molecule has 0 aromatic heterocycles. The molecule has 3 saturated carbocycles. The summed E-state index contributed by atoms with van der Waals surface area (Å²) in [5.41, 5.74) is 5.39. The summed E-state index contributed by atoms with van der Waals surface area (Å²) in [6, 6.07) is 25.1. The quantitative estimate of drug-likeness (QED) is 0.307. The molecule has 0 heterocycles. The molecule has 0 spiro atoms. The van der Waals surface area contributed by atoms with Crippen molar-refractivity contribution in [1.82, 2.24) is 5.32 Å². The van der Waals surface area contributed by atoms with Crippen LogP contribution >= 0.6 is 0 Å². The predicted octanol–water partition coefficient (Wildman–Crippen LogP) is 6.72. The van der Waals surface area contributed by atoms with Crippen molar-refractivity contribution < 1.29 is 13.2 Å². The molecule has 2 unspecified atom stereocenters. The zero-order chi connectivity index (χ0) is 27.6. The maximum absolute atomic E-state index is 12.8. The van der Waals surface area contributed by atoms with E-state index in [2.05, 4.69) is 59.9 Å². The van der Waals surface area contributed by atoms with Crippen molar-refractivity contribution in [2.75, 3.05) is 17.7 Å². The largest absolute Gasteiger partial charge is 0.496 e. The zero-order valence-corrected chi connectivity index (χ0v) is 24.5. The van der Waals surface area contributed by atoms with E-state index in [1.165, 1.54) is 59.4 Å². The van der Waals surface area contributed by atoms with E-state index in [1.54, 1.807) is 7.11 Å². The molecule has 1 N–H and O–H groups in total. The van der Waals surface area contributed by atoms with Crippen LogP contribution in [0.25, 0.3) is 0 Å². The van der Waals surface area contributed by atoms with Gasteiger partial charge >= 0.3 is 0 Å². The Labute approximate surface area is 234 Å². The number of ether oxygens (including phenoxy) is 1. The van der Waals surface area contributed by atoms with Gasteiger partial charge in [-0.2, -0.15) is 0 Å². The number of benzene rings is 3. The average Bonchev–Trinajstić information content (AvgIpc) is 2.92. The second-order valence-corrected chi connectivity index (χ2v) is 13.5. The second-order valence-electron chi connectivity index (χ2n) is 11.7. The predicted molar refractivity (Wildman–Crippen MR) is 160 cm³/mol. The highest BCUT2D eigenvalue weighted by molar-refractivity contribution is 7.92. The number of sulfonamides is 1. The summed E-state index contributed by atoms with van der Waals surface area (Å²) in [5, 5.41) is 4.11. The molecule has 2 atom stereocenters. The van der Waals surface area contributed by atoms with Crippen molar-refractivity contribution >= 4 is 15.7 Å². The Kier molecular flexibility index (Phi) is 8.34. The van der Waals surface area contributed by atoms with Gasteiger partial charge in [-0.25, -0.2) is 8.42 Å². The Morgan fingerprint density at radius 2 is 1.62 bits per heavy atom. The summed E-state index contributed by atoms with van der Waals surface area (Å²) in [4.78, 5) is 0. The summed E-state index contributed by atoms with van der Waals surface area (Å²) in [5.74, 6) is 2.24. The van der Waals surface area contributed by atoms with Crippen LogP contribution in [0.15, 0.2) is 72.8 Å². The van der Waals surface area contributed by atoms with Gasteiger partial charge in [0.05, 0.1) is 25.1 Å². The lowest BCUT2D eigenvalue weighted by molar-refractivity contribution is 0.118. The van der Waals surface area contributed by atoms with Crippen molar-refractivity contribution in [2.45, 2.75) is 70.5 Å². The van der Waals surface area contributed by atoms with Crippen molar-refractivity contribution in [3.63, 3.8) is 0 Å². The SMILES string of the molecule is COc1ccc(N(C(C)C)S(C)(=O)=O)cc1C(NC1CC2CCC1CC2)c1ccccc1Cc1ccccc1. The Morgan fingerprint density at radius 3 is 2.23 bits per heavy atom. The summed E-state index contributed by atoms with van der Waals surface area (Å²) in [7, 11) is -1.76. The van der Waals surface area contributed by atoms with Gasteiger partial charge in [-0.1, -0.05) is 67.4 Å². The lowest BCUT2D eigenvalue weighted by Gasteiger charge is -2.44. The smallest absolute Gasteiger partial charge is 0.232 e. The molecule has 3 aromatic carbocycles. The number of rotatable bonds is 10. The Balaban J connectivity index is 1.63. The van der Waals surface area contributed by atoms with E-state index in [0.29, 0.717) is 17.6 Å². The molecule has 3 aliphatic rings. The molecule has 0 aliphatic heterocycles. The van der Waals surface area contributed by atoms with E-state index in [0.717, 1.165) is 23.7 Å². The number of nitrogens with zero attached hydrogens (tertiary/aromatic N) is 1. The zero-order valence-electron chi connectivity index (χ0n) is 23.6. The van der Waals surface area contributed by atoms with Crippen LogP contribution in [-0.2, 0) is 16.4 Å². The second kappa shape index (κ2) is 11.7. The van der Waals surface area contributed by atoms with Gasteiger partial charge in [-0.15, -0.1) is 0 Å². The highest BCUT2D eigenvalue weighted by Crippen LogP contribution is 2.44. The Morgan fingerprint density at radius 1 is 0.923 bits per heavy atom. The fraction of sp³-hybridized carbons (Fsp3) is 0.455. The molecule has 3 fully saturated rings. The van der Waals surface area contributed by atoms with Gasteiger partial charge in [0.15, 0.2) is 0 Å². The van der Waals surface area contributed by atoms with Crippen LogP contribution in [0.1, 0.15) is 74.2 Å². The molecule has 0 radical (unpaired) electrons. The Bertz CT molecular complexity index is 1360. The minimum atomic E-state index is -3.45. The molecule has 0 saturated heterocycles. The van der Waals surface area contributed by atoms with Crippen LogP contribution < -0.4 is 14.4 Å². The summed E-state index contributed by atoms with van der Waals surface area (Å²) in [6.07, 6.45) is 8.56. The van der Waals surface area contributed by atoms with Crippen molar-refractivity contribution in [2.24, 2.45) is 11.8 Å². The van der Waals surface area contributed by atoms with Gasteiger partial charge in [0.1, 0.15) is 5.75 Å². The lowest BCUT2D eigenvalue weighted by atomic mass is 9.67. The minimum Gasteiger partial charge on any atom is -0.496 e. The lowest BCUT2D eigenvalue weighted by Crippen LogP contribution is -2.46. The summed E-state index contributed by atoms with van der Waals surface area (Å²) >= 11 is 0. The van der Waals surface area contributed by atoms with Gasteiger partial charge in [0.25, 0.3) is 0 Å². The van der Waals surface area contributed by atoms with E-state index in [4.69, 9.17) is 4.74 Å². The molecular formula is C33H42N2O3S. The van der Waals surface area contributed by atoms with Crippen LogP contribution in [0.2, 0.25) is 0 Å². The average molecular weight is 547 g/mol. The monoisotopic (exact) mass is 546 g/mol. The molecule has 5 nitrogen and oxygen atoms in total.